The van der Waals surface area contributed by atoms with Gasteiger partial charge in [0.25, 0.3) is 0 Å². The first-order chi connectivity index (χ1) is 9.56. The van der Waals surface area contributed by atoms with Crippen molar-refractivity contribution in [2.75, 3.05) is 20.3 Å². The lowest BCUT2D eigenvalue weighted by atomic mass is 10.0. The van der Waals surface area contributed by atoms with E-state index in [2.05, 4.69) is 36.6 Å². The average molecular weight is 278 g/mol. The number of nitrogens with one attached hydrogen (secondary N) is 2. The van der Waals surface area contributed by atoms with E-state index in [0.29, 0.717) is 13.2 Å². The molecule has 0 saturated carbocycles. The highest BCUT2D eigenvalue weighted by atomic mass is 16.5. The number of carbonyl (C=O) groups excluding carboxylic acids is 1. The normalized spacial score (nSPS) is 13.8. The standard InChI is InChI=1S/C16H26N2O2/c1-12-8-5-6-9-15(12)13(2)18-14(3)16(19)17-10-7-11-20-4/h5-6,8-9,13-14,18H,7,10-11H2,1-4H3,(H,17,19)/t13-,14?/m1/s1. The first-order valence-electron chi connectivity index (χ1n) is 7.14. The van der Waals surface area contributed by atoms with Crippen LogP contribution in [0, 0.1) is 6.92 Å². The number of carbonyl (C=O) groups is 1. The van der Waals surface area contributed by atoms with Crippen molar-refractivity contribution < 1.29 is 9.53 Å². The molecule has 0 fully saturated rings. The molecule has 4 nitrogen and oxygen atoms in total. The Morgan fingerprint density at radius 2 is 2.00 bits per heavy atom. The maximum Gasteiger partial charge on any atom is 0.236 e. The van der Waals surface area contributed by atoms with Crippen molar-refractivity contribution in [3.05, 3.63) is 35.4 Å². The third-order valence-electron chi connectivity index (χ3n) is 3.37. The Labute approximate surface area is 121 Å². The lowest BCUT2D eigenvalue weighted by Crippen LogP contribution is -2.43. The summed E-state index contributed by atoms with van der Waals surface area (Å²) in [5, 5.41) is 6.24. The molecule has 0 aliphatic carbocycles. The van der Waals surface area contributed by atoms with Crippen LogP contribution in [0.3, 0.4) is 0 Å². The quantitative estimate of drug-likeness (QED) is 0.717. The Kier molecular flexibility index (Phi) is 7.26. The molecule has 112 valence electrons. The van der Waals surface area contributed by atoms with Crippen molar-refractivity contribution >= 4 is 5.91 Å². The molecule has 0 aromatic heterocycles. The molecule has 2 atom stereocenters. The molecular weight excluding hydrogens is 252 g/mol. The van der Waals surface area contributed by atoms with Gasteiger partial charge in [-0.05, 0) is 38.3 Å². The van der Waals surface area contributed by atoms with E-state index >= 15 is 0 Å². The minimum atomic E-state index is -0.216. The first kappa shape index (κ1) is 16.7. The summed E-state index contributed by atoms with van der Waals surface area (Å²) >= 11 is 0. The Balaban J connectivity index is 2.43. The highest BCUT2D eigenvalue weighted by Crippen LogP contribution is 2.17. The third-order valence-corrected chi connectivity index (χ3v) is 3.37. The average Bonchev–Trinajstić information content (AvgIpc) is 2.43. The van der Waals surface area contributed by atoms with E-state index in [1.54, 1.807) is 7.11 Å². The molecule has 0 bridgehead atoms. The molecule has 0 radical (unpaired) electrons. The fourth-order valence-electron chi connectivity index (χ4n) is 2.19. The number of benzene rings is 1. The smallest absolute Gasteiger partial charge is 0.236 e. The van der Waals surface area contributed by atoms with E-state index in [9.17, 15) is 4.79 Å². The third kappa shape index (κ3) is 5.31. The molecule has 4 heteroatoms. The van der Waals surface area contributed by atoms with Gasteiger partial charge in [-0.25, -0.2) is 0 Å². The van der Waals surface area contributed by atoms with Gasteiger partial charge in [-0.1, -0.05) is 24.3 Å². The fourth-order valence-corrected chi connectivity index (χ4v) is 2.19. The summed E-state index contributed by atoms with van der Waals surface area (Å²) in [7, 11) is 1.66. The maximum absolute atomic E-state index is 11.9. The second kappa shape index (κ2) is 8.72. The highest BCUT2D eigenvalue weighted by Gasteiger charge is 2.16. The second-order valence-electron chi connectivity index (χ2n) is 5.10. The molecule has 0 spiro atoms. The number of aryl methyl sites for hydroxylation is 1. The summed E-state index contributed by atoms with van der Waals surface area (Å²) in [6.45, 7) is 7.37. The van der Waals surface area contributed by atoms with Crippen LogP contribution in [0.5, 0.6) is 0 Å². The van der Waals surface area contributed by atoms with Gasteiger partial charge in [-0.15, -0.1) is 0 Å². The first-order valence-corrected chi connectivity index (χ1v) is 7.14. The number of ether oxygens (including phenoxy) is 1. The molecule has 0 aliphatic rings. The van der Waals surface area contributed by atoms with Crippen molar-refractivity contribution in [2.24, 2.45) is 0 Å². The van der Waals surface area contributed by atoms with Crippen LogP contribution < -0.4 is 10.6 Å². The van der Waals surface area contributed by atoms with Gasteiger partial charge in [0.2, 0.25) is 5.91 Å². The van der Waals surface area contributed by atoms with Crippen LogP contribution in [-0.4, -0.2) is 32.2 Å². The Morgan fingerprint density at radius 3 is 2.65 bits per heavy atom. The molecule has 1 aromatic rings. The van der Waals surface area contributed by atoms with E-state index in [0.717, 1.165) is 6.42 Å². The van der Waals surface area contributed by atoms with Crippen LogP contribution in [0.4, 0.5) is 0 Å². The zero-order valence-corrected chi connectivity index (χ0v) is 12.9. The van der Waals surface area contributed by atoms with Gasteiger partial charge in [-0.3, -0.25) is 10.1 Å². The molecule has 1 rings (SSSR count). The summed E-state index contributed by atoms with van der Waals surface area (Å²) in [4.78, 5) is 11.9. The number of methoxy groups -OCH3 is 1. The van der Waals surface area contributed by atoms with E-state index < -0.39 is 0 Å². The summed E-state index contributed by atoms with van der Waals surface area (Å²) in [5.74, 6) is 0.0292. The van der Waals surface area contributed by atoms with E-state index in [1.165, 1.54) is 11.1 Å². The maximum atomic E-state index is 11.9. The Hall–Kier alpha value is -1.39. The number of hydrogen-bond acceptors (Lipinski definition) is 3. The van der Waals surface area contributed by atoms with E-state index in [-0.39, 0.29) is 18.0 Å². The predicted octanol–water partition coefficient (Wildman–Crippen LogP) is 2.19. The van der Waals surface area contributed by atoms with E-state index in [4.69, 9.17) is 4.74 Å². The number of hydrogen-bond donors (Lipinski definition) is 2. The van der Waals surface area contributed by atoms with Gasteiger partial charge in [0.05, 0.1) is 6.04 Å². The van der Waals surface area contributed by atoms with Crippen LogP contribution in [0.1, 0.15) is 37.4 Å². The van der Waals surface area contributed by atoms with Crippen molar-refractivity contribution in [2.45, 2.75) is 39.3 Å². The van der Waals surface area contributed by atoms with Crippen molar-refractivity contribution in [1.29, 1.82) is 0 Å². The molecule has 20 heavy (non-hydrogen) atoms. The van der Waals surface area contributed by atoms with Crippen LogP contribution in [0.25, 0.3) is 0 Å². The van der Waals surface area contributed by atoms with Gasteiger partial charge in [0.15, 0.2) is 0 Å². The van der Waals surface area contributed by atoms with Crippen LogP contribution in [-0.2, 0) is 9.53 Å². The van der Waals surface area contributed by atoms with Gasteiger partial charge >= 0.3 is 0 Å². The minimum absolute atomic E-state index is 0.0292. The summed E-state index contributed by atoms with van der Waals surface area (Å²) in [6.07, 6.45) is 0.836. The van der Waals surface area contributed by atoms with Crippen LogP contribution in [0.15, 0.2) is 24.3 Å². The van der Waals surface area contributed by atoms with Gasteiger partial charge in [0, 0.05) is 26.3 Å². The molecule has 1 amide bonds. The fraction of sp³-hybridized carbons (Fsp3) is 0.562. The van der Waals surface area contributed by atoms with E-state index in [1.807, 2.05) is 19.1 Å². The number of rotatable bonds is 8. The SMILES string of the molecule is COCCCNC(=O)C(C)N[C@H](C)c1ccccc1C. The summed E-state index contributed by atoms with van der Waals surface area (Å²) in [5.41, 5.74) is 2.46. The van der Waals surface area contributed by atoms with Crippen LogP contribution >= 0.6 is 0 Å². The van der Waals surface area contributed by atoms with Gasteiger partial charge in [-0.2, -0.15) is 0 Å². The predicted molar refractivity (Wildman–Crippen MR) is 81.7 cm³/mol. The van der Waals surface area contributed by atoms with Gasteiger partial charge in [0.1, 0.15) is 0 Å². The molecular formula is C16H26N2O2. The Morgan fingerprint density at radius 1 is 1.30 bits per heavy atom. The molecule has 0 heterocycles. The zero-order chi connectivity index (χ0) is 15.0. The lowest BCUT2D eigenvalue weighted by molar-refractivity contribution is -0.122. The minimum Gasteiger partial charge on any atom is -0.385 e. The monoisotopic (exact) mass is 278 g/mol. The van der Waals surface area contributed by atoms with Crippen molar-refractivity contribution in [3.63, 3.8) is 0 Å². The summed E-state index contributed by atoms with van der Waals surface area (Å²) < 4.78 is 4.95. The van der Waals surface area contributed by atoms with Crippen molar-refractivity contribution in [3.8, 4) is 0 Å². The largest absolute Gasteiger partial charge is 0.385 e. The zero-order valence-electron chi connectivity index (χ0n) is 12.9. The highest BCUT2D eigenvalue weighted by molar-refractivity contribution is 5.81. The van der Waals surface area contributed by atoms with Crippen molar-refractivity contribution in [1.82, 2.24) is 10.6 Å². The molecule has 1 unspecified atom stereocenters. The summed E-state index contributed by atoms with van der Waals surface area (Å²) in [6, 6.07) is 8.16. The Bertz CT molecular complexity index is 421. The topological polar surface area (TPSA) is 50.4 Å². The molecule has 1 aromatic carbocycles. The second-order valence-corrected chi connectivity index (χ2v) is 5.10. The van der Waals surface area contributed by atoms with Crippen LogP contribution in [0.2, 0.25) is 0 Å². The van der Waals surface area contributed by atoms with Gasteiger partial charge < -0.3 is 10.1 Å². The lowest BCUT2D eigenvalue weighted by Gasteiger charge is -2.21. The molecule has 0 aliphatic heterocycles. The molecule has 0 saturated heterocycles. The number of amides is 1. The molecule has 2 N–H and O–H groups in total.